The van der Waals surface area contributed by atoms with Gasteiger partial charge in [0.05, 0.1) is 10.6 Å². The first kappa shape index (κ1) is 16.1. The molecule has 1 spiro atoms. The summed E-state index contributed by atoms with van der Waals surface area (Å²) in [6, 6.07) is 3.79. The van der Waals surface area contributed by atoms with Gasteiger partial charge in [-0.3, -0.25) is 15.0 Å². The van der Waals surface area contributed by atoms with Crippen LogP contribution >= 0.6 is 23.2 Å². The lowest BCUT2D eigenvalue weighted by Gasteiger charge is -2.30. The quantitative estimate of drug-likeness (QED) is 0.800. The molecule has 0 bridgehead atoms. The molecule has 1 heterocycles. The smallest absolute Gasteiger partial charge is 0.322 e. The Labute approximate surface area is 143 Å². The Hall–Kier alpha value is -1.79. The van der Waals surface area contributed by atoms with Gasteiger partial charge in [-0.15, -0.1) is 0 Å². The molecule has 23 heavy (non-hydrogen) atoms. The average Bonchev–Trinajstić information content (AvgIpc) is 2.74. The van der Waals surface area contributed by atoms with Crippen molar-refractivity contribution in [3.8, 4) is 0 Å². The van der Waals surface area contributed by atoms with Crippen LogP contribution in [0.15, 0.2) is 18.2 Å². The Balaban J connectivity index is 1.80. The highest BCUT2D eigenvalue weighted by Gasteiger charge is 2.52. The Morgan fingerprint density at radius 3 is 2.57 bits per heavy atom. The van der Waals surface area contributed by atoms with Gasteiger partial charge in [-0.2, -0.15) is 5.01 Å². The first-order chi connectivity index (χ1) is 10.9. The Morgan fingerprint density at radius 2 is 1.87 bits per heavy atom. The highest BCUT2D eigenvalue weighted by Crippen LogP contribution is 2.33. The van der Waals surface area contributed by atoms with Crippen molar-refractivity contribution in [2.45, 2.75) is 37.6 Å². The van der Waals surface area contributed by atoms with Crippen molar-refractivity contribution in [2.75, 3.05) is 0 Å². The fourth-order valence-electron chi connectivity index (χ4n) is 3.05. The molecule has 1 aromatic carbocycles. The summed E-state index contributed by atoms with van der Waals surface area (Å²) in [4.78, 5) is 37.0. The number of carbonyl (C=O) groups is 3. The molecule has 2 N–H and O–H groups in total. The molecule has 6 nitrogen and oxygen atoms in total. The number of benzene rings is 1. The predicted octanol–water partition coefficient (Wildman–Crippen LogP) is 2.89. The van der Waals surface area contributed by atoms with Crippen LogP contribution in [0.4, 0.5) is 4.79 Å². The molecular formula is C15H15Cl2N3O3. The number of amides is 4. The Bertz CT molecular complexity index is 687. The van der Waals surface area contributed by atoms with E-state index >= 15 is 0 Å². The molecular weight excluding hydrogens is 341 g/mol. The van der Waals surface area contributed by atoms with Gasteiger partial charge in [0.2, 0.25) is 0 Å². The van der Waals surface area contributed by atoms with Gasteiger partial charge >= 0.3 is 6.03 Å². The summed E-state index contributed by atoms with van der Waals surface area (Å²) < 4.78 is 0. The lowest BCUT2D eigenvalue weighted by Crippen LogP contribution is -2.51. The lowest BCUT2D eigenvalue weighted by atomic mass is 9.82. The molecule has 2 fully saturated rings. The molecule has 122 valence electrons. The molecule has 1 aromatic rings. The van der Waals surface area contributed by atoms with Gasteiger partial charge < -0.3 is 5.32 Å². The van der Waals surface area contributed by atoms with Crippen molar-refractivity contribution < 1.29 is 14.4 Å². The largest absolute Gasteiger partial charge is 0.344 e. The van der Waals surface area contributed by atoms with Crippen LogP contribution in [0.2, 0.25) is 10.0 Å². The first-order valence-electron chi connectivity index (χ1n) is 7.36. The van der Waals surface area contributed by atoms with Crippen LogP contribution in [-0.2, 0) is 4.79 Å². The SMILES string of the molecule is O=C(NN1C(=O)NC2(CCCCC2)C1=O)c1cc(Cl)ccc1Cl. The van der Waals surface area contributed by atoms with Gasteiger partial charge in [0.15, 0.2) is 0 Å². The van der Waals surface area contributed by atoms with E-state index in [1.165, 1.54) is 12.1 Å². The first-order valence-corrected chi connectivity index (χ1v) is 8.11. The third kappa shape index (κ3) is 2.88. The number of hydrazine groups is 1. The molecule has 0 aromatic heterocycles. The second-order valence-electron chi connectivity index (χ2n) is 5.78. The Kier molecular flexibility index (Phi) is 4.21. The fourth-order valence-corrected chi connectivity index (χ4v) is 3.42. The highest BCUT2D eigenvalue weighted by molar-refractivity contribution is 6.35. The molecule has 1 aliphatic carbocycles. The zero-order valence-corrected chi connectivity index (χ0v) is 13.7. The summed E-state index contributed by atoms with van der Waals surface area (Å²) in [7, 11) is 0. The van der Waals surface area contributed by atoms with Crippen molar-refractivity contribution >= 4 is 41.0 Å². The molecule has 2 aliphatic rings. The molecule has 3 rings (SSSR count). The molecule has 8 heteroatoms. The van der Waals surface area contributed by atoms with Crippen molar-refractivity contribution in [1.82, 2.24) is 15.8 Å². The topological polar surface area (TPSA) is 78.5 Å². The average molecular weight is 356 g/mol. The van der Waals surface area contributed by atoms with Crippen LogP contribution in [0.25, 0.3) is 0 Å². The third-order valence-electron chi connectivity index (χ3n) is 4.26. The molecule has 4 amide bonds. The van der Waals surface area contributed by atoms with E-state index in [0.29, 0.717) is 17.9 Å². The minimum absolute atomic E-state index is 0.101. The number of urea groups is 1. The summed E-state index contributed by atoms with van der Waals surface area (Å²) in [6.07, 6.45) is 3.95. The predicted molar refractivity (Wildman–Crippen MR) is 85.1 cm³/mol. The normalized spacial score (nSPS) is 19.8. The van der Waals surface area contributed by atoms with Gasteiger partial charge in [-0.05, 0) is 31.0 Å². The van der Waals surface area contributed by atoms with E-state index < -0.39 is 23.4 Å². The van der Waals surface area contributed by atoms with Crippen LogP contribution in [0.3, 0.4) is 0 Å². The molecule has 0 atom stereocenters. The van der Waals surface area contributed by atoms with Crippen LogP contribution in [0.5, 0.6) is 0 Å². The van der Waals surface area contributed by atoms with Crippen LogP contribution in [0, 0.1) is 0 Å². The van der Waals surface area contributed by atoms with Crippen molar-refractivity contribution in [2.24, 2.45) is 0 Å². The highest BCUT2D eigenvalue weighted by atomic mass is 35.5. The number of carbonyl (C=O) groups excluding carboxylic acids is 3. The van der Waals surface area contributed by atoms with Crippen molar-refractivity contribution in [3.63, 3.8) is 0 Å². The van der Waals surface area contributed by atoms with E-state index in [1.54, 1.807) is 6.07 Å². The fraction of sp³-hybridized carbons (Fsp3) is 0.400. The van der Waals surface area contributed by atoms with Gasteiger partial charge in [-0.1, -0.05) is 42.5 Å². The van der Waals surface area contributed by atoms with Crippen LogP contribution in [-0.4, -0.2) is 28.4 Å². The second-order valence-corrected chi connectivity index (χ2v) is 6.62. The summed E-state index contributed by atoms with van der Waals surface area (Å²) >= 11 is 11.8. The van der Waals surface area contributed by atoms with E-state index in [4.69, 9.17) is 23.2 Å². The Morgan fingerprint density at radius 1 is 1.17 bits per heavy atom. The van der Waals surface area contributed by atoms with Crippen molar-refractivity contribution in [3.05, 3.63) is 33.8 Å². The molecule has 1 aliphatic heterocycles. The molecule has 0 radical (unpaired) electrons. The molecule has 0 unspecified atom stereocenters. The zero-order valence-electron chi connectivity index (χ0n) is 12.2. The van der Waals surface area contributed by atoms with E-state index in [9.17, 15) is 14.4 Å². The number of rotatable bonds is 2. The molecule has 1 saturated carbocycles. The number of imide groups is 1. The van der Waals surface area contributed by atoms with Gasteiger partial charge in [0, 0.05) is 5.02 Å². The van der Waals surface area contributed by atoms with E-state index in [1.807, 2.05) is 0 Å². The van der Waals surface area contributed by atoms with Crippen LogP contribution in [0.1, 0.15) is 42.5 Å². The van der Waals surface area contributed by atoms with E-state index in [0.717, 1.165) is 24.3 Å². The van der Waals surface area contributed by atoms with Crippen molar-refractivity contribution in [1.29, 1.82) is 0 Å². The summed E-state index contributed by atoms with van der Waals surface area (Å²) in [5.74, 6) is -1.08. The number of nitrogens with one attached hydrogen (secondary N) is 2. The summed E-state index contributed by atoms with van der Waals surface area (Å²) in [5, 5.41) is 3.98. The van der Waals surface area contributed by atoms with E-state index in [-0.39, 0.29) is 10.6 Å². The van der Waals surface area contributed by atoms with Crippen LogP contribution < -0.4 is 10.7 Å². The maximum Gasteiger partial charge on any atom is 0.344 e. The third-order valence-corrected chi connectivity index (χ3v) is 4.82. The summed E-state index contributed by atoms with van der Waals surface area (Å²) in [6.45, 7) is 0. The standard InChI is InChI=1S/C15H15Cl2N3O3/c16-9-4-5-11(17)10(8-9)12(21)19-20-13(22)15(18-14(20)23)6-2-1-3-7-15/h4-5,8H,1-3,6-7H2,(H,18,23)(H,19,21). The van der Waals surface area contributed by atoms with E-state index in [2.05, 4.69) is 10.7 Å². The summed E-state index contributed by atoms with van der Waals surface area (Å²) in [5.41, 5.74) is 1.54. The van der Waals surface area contributed by atoms with Gasteiger partial charge in [-0.25, -0.2) is 4.79 Å². The lowest BCUT2D eigenvalue weighted by molar-refractivity contribution is -0.134. The minimum atomic E-state index is -0.888. The minimum Gasteiger partial charge on any atom is -0.322 e. The maximum atomic E-state index is 12.6. The van der Waals surface area contributed by atoms with Gasteiger partial charge in [0.1, 0.15) is 5.54 Å². The molecule has 1 saturated heterocycles. The maximum absolute atomic E-state index is 12.6. The number of halogens is 2. The second kappa shape index (κ2) is 6.02. The zero-order chi connectivity index (χ0) is 16.6. The van der Waals surface area contributed by atoms with Gasteiger partial charge in [0.25, 0.3) is 11.8 Å². The monoisotopic (exact) mass is 355 g/mol. The number of hydrogen-bond acceptors (Lipinski definition) is 3. The number of nitrogens with zero attached hydrogens (tertiary/aromatic N) is 1. The number of hydrogen-bond donors (Lipinski definition) is 2.